The maximum absolute atomic E-state index is 12.3. The predicted molar refractivity (Wildman–Crippen MR) is 112 cm³/mol. The number of amides is 1. The molecule has 0 atom stereocenters. The Morgan fingerprint density at radius 3 is 2.39 bits per heavy atom. The van der Waals surface area contributed by atoms with Crippen molar-refractivity contribution < 1.29 is 14.3 Å². The van der Waals surface area contributed by atoms with E-state index in [1.807, 2.05) is 12.1 Å². The van der Waals surface area contributed by atoms with Gasteiger partial charge in [0.1, 0.15) is 13.2 Å². The van der Waals surface area contributed by atoms with Gasteiger partial charge in [-0.15, -0.1) is 0 Å². The summed E-state index contributed by atoms with van der Waals surface area (Å²) in [6.07, 6.45) is 3.88. The Morgan fingerprint density at radius 2 is 1.71 bits per heavy atom. The number of ether oxygens (including phenoxy) is 2. The van der Waals surface area contributed by atoms with Crippen molar-refractivity contribution in [2.24, 2.45) is 5.10 Å². The average Bonchev–Trinajstić information content (AvgIpc) is 2.73. The third-order valence-corrected chi connectivity index (χ3v) is 4.43. The molecule has 148 valence electrons. The van der Waals surface area contributed by atoms with Crippen LogP contribution in [0.1, 0.15) is 42.6 Å². The van der Waals surface area contributed by atoms with E-state index in [1.165, 1.54) is 5.69 Å². The summed E-state index contributed by atoms with van der Waals surface area (Å²) >= 11 is 0. The lowest BCUT2D eigenvalue weighted by Gasteiger charge is -2.23. The van der Waals surface area contributed by atoms with Gasteiger partial charge in [0.2, 0.25) is 0 Å². The molecule has 6 heteroatoms. The minimum Gasteiger partial charge on any atom is -0.486 e. The van der Waals surface area contributed by atoms with Crippen molar-refractivity contribution in [3.05, 3.63) is 53.6 Å². The summed E-state index contributed by atoms with van der Waals surface area (Å²) < 4.78 is 11.0. The van der Waals surface area contributed by atoms with Gasteiger partial charge in [0.05, 0.1) is 6.21 Å². The van der Waals surface area contributed by atoms with Crippen LogP contribution in [-0.4, -0.2) is 38.4 Å². The fourth-order valence-corrected chi connectivity index (χ4v) is 3.10. The number of rotatable bonds is 8. The highest BCUT2D eigenvalue weighted by molar-refractivity contribution is 5.95. The second kappa shape index (κ2) is 9.78. The van der Waals surface area contributed by atoms with Crippen molar-refractivity contribution in [2.75, 3.05) is 31.2 Å². The molecular weight excluding hydrogens is 354 g/mol. The quantitative estimate of drug-likeness (QED) is 0.557. The smallest absolute Gasteiger partial charge is 0.271 e. The number of nitrogens with one attached hydrogen (secondary N) is 1. The van der Waals surface area contributed by atoms with Crippen LogP contribution in [0.5, 0.6) is 11.5 Å². The third-order valence-electron chi connectivity index (χ3n) is 4.43. The number of fused-ring (bicyclic) bond motifs is 1. The standard InChI is InChI=1S/C22H27N3O3/c1-3-11-25(12-4-2)19-8-5-17(6-9-19)16-23-24-22(26)18-7-10-20-21(15-18)28-14-13-27-20/h5-10,15-16H,3-4,11-14H2,1-2H3,(H,24,26)/b23-16-. The fourth-order valence-electron chi connectivity index (χ4n) is 3.10. The van der Waals surface area contributed by atoms with E-state index in [4.69, 9.17) is 9.47 Å². The average molecular weight is 381 g/mol. The Bertz CT molecular complexity index is 812. The van der Waals surface area contributed by atoms with Crippen LogP contribution < -0.4 is 19.8 Å². The molecule has 0 radical (unpaired) electrons. The molecule has 0 fully saturated rings. The van der Waals surface area contributed by atoms with Gasteiger partial charge < -0.3 is 14.4 Å². The molecule has 1 heterocycles. The second-order valence-electron chi connectivity index (χ2n) is 6.64. The lowest BCUT2D eigenvalue weighted by Crippen LogP contribution is -2.24. The monoisotopic (exact) mass is 381 g/mol. The highest BCUT2D eigenvalue weighted by Gasteiger charge is 2.14. The van der Waals surface area contributed by atoms with Gasteiger partial charge in [0, 0.05) is 24.3 Å². The summed E-state index contributed by atoms with van der Waals surface area (Å²) in [5.74, 6) is 0.954. The van der Waals surface area contributed by atoms with Crippen LogP contribution in [-0.2, 0) is 0 Å². The van der Waals surface area contributed by atoms with E-state index in [0.717, 1.165) is 31.5 Å². The van der Waals surface area contributed by atoms with Gasteiger partial charge in [-0.25, -0.2) is 5.43 Å². The molecule has 3 rings (SSSR count). The minimum absolute atomic E-state index is 0.290. The first-order valence-electron chi connectivity index (χ1n) is 9.79. The number of benzene rings is 2. The zero-order valence-electron chi connectivity index (χ0n) is 16.5. The molecule has 1 aliphatic heterocycles. The first-order chi connectivity index (χ1) is 13.7. The second-order valence-corrected chi connectivity index (χ2v) is 6.64. The number of hydrazone groups is 1. The highest BCUT2D eigenvalue weighted by Crippen LogP contribution is 2.30. The zero-order chi connectivity index (χ0) is 19.8. The molecule has 0 saturated heterocycles. The van der Waals surface area contributed by atoms with Crippen LogP contribution in [0.25, 0.3) is 0 Å². The SMILES string of the molecule is CCCN(CCC)c1ccc(/C=N\NC(=O)c2ccc3c(c2)OCCO3)cc1. The van der Waals surface area contributed by atoms with E-state index in [9.17, 15) is 4.79 Å². The topological polar surface area (TPSA) is 63.2 Å². The summed E-state index contributed by atoms with van der Waals surface area (Å²) in [5.41, 5.74) is 5.17. The summed E-state index contributed by atoms with van der Waals surface area (Å²) in [5, 5.41) is 4.07. The van der Waals surface area contributed by atoms with Crippen molar-refractivity contribution in [2.45, 2.75) is 26.7 Å². The predicted octanol–water partition coefficient (Wildman–Crippen LogP) is 3.85. The van der Waals surface area contributed by atoms with Gasteiger partial charge in [-0.3, -0.25) is 4.79 Å². The number of carbonyl (C=O) groups is 1. The lowest BCUT2D eigenvalue weighted by atomic mass is 10.2. The largest absolute Gasteiger partial charge is 0.486 e. The molecular formula is C22H27N3O3. The molecule has 0 saturated carbocycles. The Morgan fingerprint density at radius 1 is 1.04 bits per heavy atom. The molecule has 0 unspecified atom stereocenters. The molecule has 0 bridgehead atoms. The zero-order valence-corrected chi connectivity index (χ0v) is 16.5. The van der Waals surface area contributed by atoms with Crippen molar-refractivity contribution in [1.82, 2.24) is 5.43 Å². The van der Waals surface area contributed by atoms with Gasteiger partial charge in [0.15, 0.2) is 11.5 Å². The maximum atomic E-state index is 12.3. The summed E-state index contributed by atoms with van der Waals surface area (Å²) in [6, 6.07) is 13.3. The van der Waals surface area contributed by atoms with E-state index < -0.39 is 0 Å². The molecule has 1 N–H and O–H groups in total. The van der Waals surface area contributed by atoms with Crippen LogP contribution in [0, 0.1) is 0 Å². The number of nitrogens with zero attached hydrogens (tertiary/aromatic N) is 2. The van der Waals surface area contributed by atoms with Crippen molar-refractivity contribution >= 4 is 17.8 Å². The highest BCUT2D eigenvalue weighted by atomic mass is 16.6. The first-order valence-corrected chi connectivity index (χ1v) is 9.79. The lowest BCUT2D eigenvalue weighted by molar-refractivity contribution is 0.0954. The molecule has 1 aliphatic rings. The number of carbonyl (C=O) groups excluding carboxylic acids is 1. The molecule has 6 nitrogen and oxygen atoms in total. The van der Waals surface area contributed by atoms with Gasteiger partial charge in [0.25, 0.3) is 5.91 Å². The van der Waals surface area contributed by atoms with Gasteiger partial charge in [-0.1, -0.05) is 26.0 Å². The van der Waals surface area contributed by atoms with E-state index in [1.54, 1.807) is 24.4 Å². The van der Waals surface area contributed by atoms with E-state index in [0.29, 0.717) is 30.3 Å². The Kier molecular flexibility index (Phi) is 6.89. The summed E-state index contributed by atoms with van der Waals surface area (Å²) in [4.78, 5) is 14.7. The van der Waals surface area contributed by atoms with Crippen molar-refractivity contribution in [3.63, 3.8) is 0 Å². The Hall–Kier alpha value is -3.02. The van der Waals surface area contributed by atoms with Crippen molar-refractivity contribution in [3.8, 4) is 11.5 Å². The van der Waals surface area contributed by atoms with E-state index >= 15 is 0 Å². The van der Waals surface area contributed by atoms with E-state index in [-0.39, 0.29) is 5.91 Å². The third kappa shape index (κ3) is 5.03. The van der Waals surface area contributed by atoms with Crippen LogP contribution >= 0.6 is 0 Å². The minimum atomic E-state index is -0.290. The van der Waals surface area contributed by atoms with Gasteiger partial charge >= 0.3 is 0 Å². The number of hydrogen-bond donors (Lipinski definition) is 1. The van der Waals surface area contributed by atoms with Gasteiger partial charge in [-0.05, 0) is 48.7 Å². The molecule has 0 spiro atoms. The number of anilines is 1. The Balaban J connectivity index is 1.59. The Labute approximate surface area is 166 Å². The summed E-state index contributed by atoms with van der Waals surface area (Å²) in [7, 11) is 0. The normalized spacial score (nSPS) is 12.8. The van der Waals surface area contributed by atoms with Crippen LogP contribution in [0.3, 0.4) is 0 Å². The van der Waals surface area contributed by atoms with Crippen LogP contribution in [0.2, 0.25) is 0 Å². The molecule has 1 amide bonds. The molecule has 0 aromatic heterocycles. The molecule has 2 aromatic rings. The molecule has 2 aromatic carbocycles. The molecule has 0 aliphatic carbocycles. The van der Waals surface area contributed by atoms with E-state index in [2.05, 4.69) is 41.4 Å². The fraction of sp³-hybridized carbons (Fsp3) is 0.364. The first kappa shape index (κ1) is 19.7. The molecule has 28 heavy (non-hydrogen) atoms. The van der Waals surface area contributed by atoms with Crippen LogP contribution in [0.4, 0.5) is 5.69 Å². The number of hydrogen-bond acceptors (Lipinski definition) is 5. The summed E-state index contributed by atoms with van der Waals surface area (Å²) in [6.45, 7) is 7.48. The van der Waals surface area contributed by atoms with Crippen LogP contribution in [0.15, 0.2) is 47.6 Å². The van der Waals surface area contributed by atoms with Crippen molar-refractivity contribution in [1.29, 1.82) is 0 Å². The van der Waals surface area contributed by atoms with Gasteiger partial charge in [-0.2, -0.15) is 5.10 Å². The maximum Gasteiger partial charge on any atom is 0.271 e.